The van der Waals surface area contributed by atoms with E-state index in [0.29, 0.717) is 19.6 Å². The fraction of sp³-hybridized carbons (Fsp3) is 0.273. The summed E-state index contributed by atoms with van der Waals surface area (Å²) >= 11 is 7.23. The Labute approximate surface area is 164 Å². The predicted molar refractivity (Wildman–Crippen MR) is 111 cm³/mol. The monoisotopic (exact) mass is 382 g/mol. The molecule has 0 N–H and O–H groups in total. The third-order valence-electron chi connectivity index (χ3n) is 4.39. The lowest BCUT2D eigenvalue weighted by Crippen LogP contribution is -2.29. The van der Waals surface area contributed by atoms with Gasteiger partial charge in [-0.2, -0.15) is 0 Å². The summed E-state index contributed by atoms with van der Waals surface area (Å²) in [7, 11) is 0. The molecule has 1 aliphatic carbocycles. The van der Waals surface area contributed by atoms with Crippen molar-refractivity contribution in [1.29, 1.82) is 0 Å². The molecule has 0 saturated carbocycles. The first kappa shape index (κ1) is 19.0. The van der Waals surface area contributed by atoms with Gasteiger partial charge >= 0.3 is 0 Å². The number of thioether (sulfide) groups is 1. The molecule has 0 fully saturated rings. The number of benzene rings is 2. The van der Waals surface area contributed by atoms with Crippen LogP contribution in [0.1, 0.15) is 25.3 Å². The van der Waals surface area contributed by atoms with Crippen LogP contribution in [-0.2, 0) is 16.1 Å². The van der Waals surface area contributed by atoms with Gasteiger partial charge in [0.15, 0.2) is 5.78 Å². The Morgan fingerprint density at radius 1 is 1.08 bits per heavy atom. The SMILES string of the molecule is CCC1=C(Sc2ccccc2)C(COCc2ccccc2)C(=S)CC1=O. The van der Waals surface area contributed by atoms with Crippen molar-refractivity contribution in [3.05, 3.63) is 76.7 Å². The molecule has 2 nitrogen and oxygen atoms in total. The van der Waals surface area contributed by atoms with Crippen LogP contribution in [0.15, 0.2) is 76.0 Å². The second kappa shape index (κ2) is 9.26. The fourth-order valence-corrected chi connectivity index (χ4v) is 4.71. The van der Waals surface area contributed by atoms with Gasteiger partial charge < -0.3 is 4.74 Å². The molecule has 1 atom stereocenters. The average molecular weight is 383 g/mol. The van der Waals surface area contributed by atoms with E-state index in [9.17, 15) is 4.79 Å². The van der Waals surface area contributed by atoms with E-state index in [1.165, 1.54) is 0 Å². The lowest BCUT2D eigenvalue weighted by Gasteiger charge is -2.28. The minimum atomic E-state index is 0.00608. The average Bonchev–Trinajstić information content (AvgIpc) is 2.66. The summed E-state index contributed by atoms with van der Waals surface area (Å²) in [5.74, 6) is 0.168. The highest BCUT2D eigenvalue weighted by Gasteiger charge is 2.32. The quantitative estimate of drug-likeness (QED) is 0.581. The number of Topliss-reactive ketones (excluding diaryl/α,β-unsaturated/α-hetero) is 1. The smallest absolute Gasteiger partial charge is 0.164 e. The first-order chi connectivity index (χ1) is 12.7. The Morgan fingerprint density at radius 2 is 1.73 bits per heavy atom. The third kappa shape index (κ3) is 4.70. The van der Waals surface area contributed by atoms with Gasteiger partial charge in [-0.05, 0) is 24.1 Å². The van der Waals surface area contributed by atoms with Gasteiger partial charge in [0.1, 0.15) is 0 Å². The molecule has 4 heteroatoms. The maximum absolute atomic E-state index is 12.5. The van der Waals surface area contributed by atoms with Gasteiger partial charge in [-0.3, -0.25) is 4.79 Å². The number of hydrogen-bond acceptors (Lipinski definition) is 4. The van der Waals surface area contributed by atoms with Crippen molar-refractivity contribution >= 4 is 34.6 Å². The van der Waals surface area contributed by atoms with Gasteiger partial charge in [0.2, 0.25) is 0 Å². The molecular weight excluding hydrogens is 360 g/mol. The van der Waals surface area contributed by atoms with E-state index in [2.05, 4.69) is 24.3 Å². The molecule has 0 bridgehead atoms. The van der Waals surface area contributed by atoms with Crippen LogP contribution in [0.5, 0.6) is 0 Å². The molecule has 3 rings (SSSR count). The zero-order chi connectivity index (χ0) is 18.4. The highest BCUT2D eigenvalue weighted by molar-refractivity contribution is 8.03. The molecule has 0 radical (unpaired) electrons. The van der Waals surface area contributed by atoms with Gasteiger partial charge in [0.05, 0.1) is 13.2 Å². The van der Waals surface area contributed by atoms with E-state index in [1.807, 2.05) is 43.3 Å². The maximum atomic E-state index is 12.5. The standard InChI is InChI=1S/C22H22O2S2/c1-2-18-20(23)13-21(25)19(15-24-14-16-9-5-3-6-10-16)22(18)26-17-11-7-4-8-12-17/h3-12,19H,2,13-15H2,1H3. The number of rotatable bonds is 7. The predicted octanol–water partition coefficient (Wildman–Crippen LogP) is 5.62. The van der Waals surface area contributed by atoms with Crippen LogP contribution in [0.3, 0.4) is 0 Å². The lowest BCUT2D eigenvalue weighted by atomic mass is 9.88. The van der Waals surface area contributed by atoms with E-state index >= 15 is 0 Å². The minimum Gasteiger partial charge on any atom is -0.376 e. The van der Waals surface area contributed by atoms with Crippen molar-refractivity contribution in [1.82, 2.24) is 0 Å². The molecule has 1 unspecified atom stereocenters. The molecule has 0 aromatic heterocycles. The third-order valence-corrected chi connectivity index (χ3v) is 6.08. The Hall–Kier alpha value is -1.75. The number of hydrogen-bond donors (Lipinski definition) is 0. The molecule has 2 aromatic carbocycles. The Balaban J connectivity index is 1.79. The highest BCUT2D eigenvalue weighted by Crippen LogP contribution is 2.40. The van der Waals surface area contributed by atoms with E-state index in [0.717, 1.165) is 32.2 Å². The van der Waals surface area contributed by atoms with Crippen molar-refractivity contribution in [3.63, 3.8) is 0 Å². The number of carbonyl (C=O) groups is 1. The van der Waals surface area contributed by atoms with E-state index in [-0.39, 0.29) is 11.7 Å². The van der Waals surface area contributed by atoms with Crippen LogP contribution in [0.2, 0.25) is 0 Å². The normalized spacial score (nSPS) is 17.7. The molecule has 0 saturated heterocycles. The second-order valence-corrected chi connectivity index (χ2v) is 7.87. The number of thiocarbonyl (C=S) groups is 1. The van der Waals surface area contributed by atoms with E-state index < -0.39 is 0 Å². The van der Waals surface area contributed by atoms with Crippen molar-refractivity contribution in [2.24, 2.45) is 5.92 Å². The van der Waals surface area contributed by atoms with Crippen LogP contribution in [0.25, 0.3) is 0 Å². The summed E-state index contributed by atoms with van der Waals surface area (Å²) < 4.78 is 5.98. The topological polar surface area (TPSA) is 26.3 Å². The molecule has 0 aliphatic heterocycles. The maximum Gasteiger partial charge on any atom is 0.164 e. The van der Waals surface area contributed by atoms with Gasteiger partial charge in [-0.25, -0.2) is 0 Å². The lowest BCUT2D eigenvalue weighted by molar-refractivity contribution is -0.114. The molecule has 1 aliphatic rings. The van der Waals surface area contributed by atoms with Gasteiger partial charge in [-0.15, -0.1) is 0 Å². The van der Waals surface area contributed by atoms with Crippen molar-refractivity contribution in [2.45, 2.75) is 31.3 Å². The van der Waals surface area contributed by atoms with Crippen LogP contribution < -0.4 is 0 Å². The van der Waals surface area contributed by atoms with E-state index in [1.54, 1.807) is 11.8 Å². The summed E-state index contributed by atoms with van der Waals surface area (Å²) in [6, 6.07) is 20.3. The second-order valence-electron chi connectivity index (χ2n) is 6.23. The molecule has 0 heterocycles. The molecule has 0 spiro atoms. The molecular formula is C22H22O2S2. The number of ketones is 1. The molecule has 0 amide bonds. The highest BCUT2D eigenvalue weighted by atomic mass is 32.2. The minimum absolute atomic E-state index is 0.00608. The first-order valence-corrected chi connectivity index (χ1v) is 10.0. The van der Waals surface area contributed by atoms with Gasteiger partial charge in [0.25, 0.3) is 0 Å². The Kier molecular flexibility index (Phi) is 6.78. The fourth-order valence-electron chi connectivity index (χ4n) is 3.04. The summed E-state index contributed by atoms with van der Waals surface area (Å²) in [5.41, 5.74) is 2.04. The van der Waals surface area contributed by atoms with Crippen LogP contribution in [0.4, 0.5) is 0 Å². The zero-order valence-corrected chi connectivity index (χ0v) is 16.4. The zero-order valence-electron chi connectivity index (χ0n) is 14.8. The summed E-state index contributed by atoms with van der Waals surface area (Å²) in [5, 5.41) is 0. The summed E-state index contributed by atoms with van der Waals surface area (Å²) in [4.78, 5) is 15.5. The Morgan fingerprint density at radius 3 is 2.38 bits per heavy atom. The molecule has 2 aromatic rings. The van der Waals surface area contributed by atoms with Gasteiger partial charge in [0, 0.05) is 32.6 Å². The summed E-state index contributed by atoms with van der Waals surface area (Å²) in [6.45, 7) is 3.10. The number of carbonyl (C=O) groups excluding carboxylic acids is 1. The number of allylic oxidation sites excluding steroid dienone is 1. The van der Waals surface area contributed by atoms with Crippen molar-refractivity contribution in [2.75, 3.05) is 6.61 Å². The van der Waals surface area contributed by atoms with Crippen LogP contribution >= 0.6 is 24.0 Å². The van der Waals surface area contributed by atoms with Crippen molar-refractivity contribution in [3.8, 4) is 0 Å². The van der Waals surface area contributed by atoms with Gasteiger partial charge in [-0.1, -0.05) is 79.4 Å². The van der Waals surface area contributed by atoms with Crippen molar-refractivity contribution < 1.29 is 9.53 Å². The van der Waals surface area contributed by atoms with Crippen LogP contribution in [-0.4, -0.2) is 17.3 Å². The summed E-state index contributed by atoms with van der Waals surface area (Å²) in [6.07, 6.45) is 1.09. The Bertz CT molecular complexity index is 797. The van der Waals surface area contributed by atoms with E-state index in [4.69, 9.17) is 17.0 Å². The number of ether oxygens (including phenoxy) is 1. The molecule has 26 heavy (non-hydrogen) atoms. The largest absolute Gasteiger partial charge is 0.376 e. The first-order valence-electron chi connectivity index (χ1n) is 8.82. The van der Waals surface area contributed by atoms with Crippen LogP contribution in [0, 0.1) is 5.92 Å². The molecule has 134 valence electrons.